The third kappa shape index (κ3) is 3.98. The third-order valence-electron chi connectivity index (χ3n) is 3.26. The number of nitrogens with zero attached hydrogens (tertiary/aromatic N) is 2. The Morgan fingerprint density at radius 3 is 2.69 bits per heavy atom. The van der Waals surface area contributed by atoms with Gasteiger partial charge in [-0.05, 0) is 31.8 Å². The molecule has 0 spiro atoms. The van der Waals surface area contributed by atoms with E-state index in [-0.39, 0.29) is 5.92 Å². The number of nitrogens with two attached hydrogens (primary N) is 1. The van der Waals surface area contributed by atoms with Gasteiger partial charge < -0.3 is 20.6 Å². The fraction of sp³-hybridized carbons (Fsp3) is 0.909. The Balaban J connectivity index is 2.26. The highest BCUT2D eigenvalue weighted by molar-refractivity contribution is 5.82. The lowest BCUT2D eigenvalue weighted by Crippen LogP contribution is -2.40. The standard InChI is InChI=1S/C11H23N3O2/c1-9(11(12)13-15)7-14-5-3-10(4-6-14)8-16-2/h9-10,15H,3-8H2,1-2H3,(H2,12,13). The van der Waals surface area contributed by atoms with Crippen molar-refractivity contribution in [1.29, 1.82) is 0 Å². The van der Waals surface area contributed by atoms with Gasteiger partial charge in [0, 0.05) is 26.2 Å². The van der Waals surface area contributed by atoms with Crippen molar-refractivity contribution in [2.75, 3.05) is 33.4 Å². The van der Waals surface area contributed by atoms with Gasteiger partial charge in [-0.25, -0.2) is 0 Å². The topological polar surface area (TPSA) is 71.1 Å². The molecule has 1 unspecified atom stereocenters. The summed E-state index contributed by atoms with van der Waals surface area (Å²) in [5, 5.41) is 11.6. The average molecular weight is 229 g/mol. The molecule has 0 bridgehead atoms. The molecule has 3 N–H and O–H groups in total. The highest BCUT2D eigenvalue weighted by Gasteiger charge is 2.21. The van der Waals surface area contributed by atoms with Crippen molar-refractivity contribution in [3.05, 3.63) is 0 Å². The molecular weight excluding hydrogens is 206 g/mol. The van der Waals surface area contributed by atoms with Crippen LogP contribution in [0.25, 0.3) is 0 Å². The van der Waals surface area contributed by atoms with Crippen molar-refractivity contribution in [3.63, 3.8) is 0 Å². The van der Waals surface area contributed by atoms with E-state index >= 15 is 0 Å². The highest BCUT2D eigenvalue weighted by atomic mass is 16.5. The maximum Gasteiger partial charge on any atom is 0.143 e. The van der Waals surface area contributed by atoms with Gasteiger partial charge in [-0.1, -0.05) is 12.1 Å². The van der Waals surface area contributed by atoms with Crippen LogP contribution in [0, 0.1) is 11.8 Å². The van der Waals surface area contributed by atoms with Crippen LogP contribution in [0.1, 0.15) is 19.8 Å². The zero-order valence-electron chi connectivity index (χ0n) is 10.2. The van der Waals surface area contributed by atoms with Gasteiger partial charge in [0.1, 0.15) is 5.84 Å². The van der Waals surface area contributed by atoms with E-state index < -0.39 is 0 Å². The van der Waals surface area contributed by atoms with Crippen LogP contribution in [-0.4, -0.2) is 49.3 Å². The number of amidine groups is 1. The molecule has 94 valence electrons. The molecule has 0 amide bonds. The first kappa shape index (κ1) is 13.3. The van der Waals surface area contributed by atoms with E-state index in [0.717, 1.165) is 26.2 Å². The van der Waals surface area contributed by atoms with E-state index in [1.54, 1.807) is 7.11 Å². The smallest absolute Gasteiger partial charge is 0.143 e. The predicted octanol–water partition coefficient (Wildman–Crippen LogP) is 0.727. The zero-order valence-corrected chi connectivity index (χ0v) is 10.2. The molecule has 0 saturated carbocycles. The minimum Gasteiger partial charge on any atom is -0.409 e. The highest BCUT2D eigenvalue weighted by Crippen LogP contribution is 2.18. The van der Waals surface area contributed by atoms with E-state index in [0.29, 0.717) is 11.8 Å². The summed E-state index contributed by atoms with van der Waals surface area (Å²) < 4.78 is 5.16. The van der Waals surface area contributed by atoms with Crippen LogP contribution < -0.4 is 5.73 Å². The van der Waals surface area contributed by atoms with E-state index in [2.05, 4.69) is 10.1 Å². The molecule has 1 atom stereocenters. The molecule has 1 heterocycles. The maximum absolute atomic E-state index is 8.57. The van der Waals surface area contributed by atoms with Crippen LogP contribution in [0.5, 0.6) is 0 Å². The number of piperidine rings is 1. The second-order valence-corrected chi connectivity index (χ2v) is 4.63. The minimum atomic E-state index is 0.115. The third-order valence-corrected chi connectivity index (χ3v) is 3.26. The first-order chi connectivity index (χ1) is 7.67. The molecule has 1 aliphatic heterocycles. The fourth-order valence-electron chi connectivity index (χ4n) is 2.15. The summed E-state index contributed by atoms with van der Waals surface area (Å²) in [5.41, 5.74) is 5.56. The Morgan fingerprint density at radius 2 is 2.19 bits per heavy atom. The van der Waals surface area contributed by atoms with Gasteiger partial charge in [0.25, 0.3) is 0 Å². The largest absolute Gasteiger partial charge is 0.409 e. The Bertz CT molecular complexity index is 225. The van der Waals surface area contributed by atoms with Crippen molar-refractivity contribution in [1.82, 2.24) is 4.90 Å². The van der Waals surface area contributed by atoms with Crippen LogP contribution in [0.4, 0.5) is 0 Å². The lowest BCUT2D eigenvalue weighted by atomic mass is 9.97. The normalized spacial score (nSPS) is 22.2. The Morgan fingerprint density at radius 1 is 1.56 bits per heavy atom. The number of oxime groups is 1. The number of rotatable bonds is 5. The number of likely N-dealkylation sites (tertiary alicyclic amines) is 1. The summed E-state index contributed by atoms with van der Waals surface area (Å²) in [7, 11) is 1.76. The molecule has 5 heteroatoms. The molecular formula is C11H23N3O2. The molecule has 5 nitrogen and oxygen atoms in total. The van der Waals surface area contributed by atoms with Crippen molar-refractivity contribution < 1.29 is 9.94 Å². The van der Waals surface area contributed by atoms with E-state index in [1.807, 2.05) is 6.92 Å². The van der Waals surface area contributed by atoms with Gasteiger partial charge in [-0.15, -0.1) is 0 Å². The average Bonchev–Trinajstić information content (AvgIpc) is 2.31. The number of hydrogen-bond donors (Lipinski definition) is 2. The summed E-state index contributed by atoms with van der Waals surface area (Å²) in [6, 6.07) is 0. The maximum atomic E-state index is 8.57. The lowest BCUT2D eigenvalue weighted by molar-refractivity contribution is 0.0969. The molecule has 0 aromatic rings. The summed E-state index contributed by atoms with van der Waals surface area (Å²) in [5.74, 6) is 1.13. The second kappa shape index (κ2) is 6.70. The molecule has 16 heavy (non-hydrogen) atoms. The first-order valence-electron chi connectivity index (χ1n) is 5.86. The van der Waals surface area contributed by atoms with Crippen molar-refractivity contribution in [2.24, 2.45) is 22.7 Å². The second-order valence-electron chi connectivity index (χ2n) is 4.63. The number of hydrogen-bond acceptors (Lipinski definition) is 4. The van der Waals surface area contributed by atoms with Crippen molar-refractivity contribution >= 4 is 5.84 Å². The zero-order chi connectivity index (χ0) is 12.0. The van der Waals surface area contributed by atoms with Crippen LogP contribution >= 0.6 is 0 Å². The van der Waals surface area contributed by atoms with Crippen LogP contribution in [0.3, 0.4) is 0 Å². The van der Waals surface area contributed by atoms with Gasteiger partial charge in [0.2, 0.25) is 0 Å². The Labute approximate surface area is 97.2 Å². The monoisotopic (exact) mass is 229 g/mol. The first-order valence-corrected chi connectivity index (χ1v) is 5.86. The van der Waals surface area contributed by atoms with Gasteiger partial charge in [0.05, 0.1) is 0 Å². The van der Waals surface area contributed by atoms with Gasteiger partial charge in [-0.3, -0.25) is 0 Å². The molecule has 1 saturated heterocycles. The lowest BCUT2D eigenvalue weighted by Gasteiger charge is -2.32. The van der Waals surface area contributed by atoms with Gasteiger partial charge >= 0.3 is 0 Å². The summed E-state index contributed by atoms with van der Waals surface area (Å²) in [4.78, 5) is 2.37. The van der Waals surface area contributed by atoms with Gasteiger partial charge in [0.15, 0.2) is 0 Å². The predicted molar refractivity (Wildman–Crippen MR) is 63.6 cm³/mol. The van der Waals surface area contributed by atoms with E-state index in [9.17, 15) is 0 Å². The minimum absolute atomic E-state index is 0.115. The molecule has 0 aromatic carbocycles. The number of methoxy groups -OCH3 is 1. The molecule has 1 rings (SSSR count). The molecule has 1 aliphatic rings. The van der Waals surface area contributed by atoms with Crippen molar-refractivity contribution in [2.45, 2.75) is 19.8 Å². The Hall–Kier alpha value is -0.810. The van der Waals surface area contributed by atoms with E-state index in [1.165, 1.54) is 12.8 Å². The molecule has 0 aromatic heterocycles. The summed E-state index contributed by atoms with van der Waals surface area (Å²) >= 11 is 0. The summed E-state index contributed by atoms with van der Waals surface area (Å²) in [6.45, 7) is 5.88. The fourth-order valence-corrected chi connectivity index (χ4v) is 2.15. The van der Waals surface area contributed by atoms with Crippen molar-refractivity contribution in [3.8, 4) is 0 Å². The van der Waals surface area contributed by atoms with Crippen LogP contribution in [-0.2, 0) is 4.74 Å². The number of ether oxygens (including phenoxy) is 1. The Kier molecular flexibility index (Phi) is 5.55. The summed E-state index contributed by atoms with van der Waals surface area (Å²) in [6.07, 6.45) is 2.35. The molecule has 0 radical (unpaired) electrons. The molecule has 1 fully saturated rings. The van der Waals surface area contributed by atoms with Gasteiger partial charge in [-0.2, -0.15) is 0 Å². The molecule has 0 aliphatic carbocycles. The van der Waals surface area contributed by atoms with Crippen LogP contribution in [0.2, 0.25) is 0 Å². The van der Waals surface area contributed by atoms with Crippen LogP contribution in [0.15, 0.2) is 5.16 Å². The SMILES string of the molecule is COCC1CCN(CC(C)C(N)=NO)CC1. The van der Waals surface area contributed by atoms with E-state index in [4.69, 9.17) is 15.7 Å². The quantitative estimate of drug-likeness (QED) is 0.315.